The zero-order chi connectivity index (χ0) is 46.7. The van der Waals surface area contributed by atoms with Crippen molar-refractivity contribution in [2.75, 3.05) is 9.80 Å². The van der Waals surface area contributed by atoms with Crippen LogP contribution in [0.15, 0.2) is 206 Å². The van der Waals surface area contributed by atoms with Gasteiger partial charge in [-0.3, -0.25) is 0 Å². The molecule has 67 heavy (non-hydrogen) atoms. The first-order valence-corrected chi connectivity index (χ1v) is 23.3. The first-order chi connectivity index (χ1) is 31.8. The molecule has 0 atom stereocenters. The maximum absolute atomic E-state index is 6.05. The second-order valence-electron chi connectivity index (χ2n) is 16.8. The van der Waals surface area contributed by atoms with E-state index >= 15 is 0 Å². The van der Waals surface area contributed by atoms with Crippen LogP contribution in [0.5, 0.6) is 0 Å². The standard InChI is InChI=1S/C34H31N.C20H17Cl2N.C7H7Cl.CH4/c1-24-7-5-9-30(21-24)28-13-17-32(18-14-28)35(34-23-26(3)11-12-27(34)4)33-19-15-29(16-20-33)31-10-6-8-25(2)22-31;1-14-3-4-15(2)20(13-14)23(18-9-5-16(21)6-10-18)19-11-7-17(22)8-12-19;1-6-3-2-4-7(8)5-6;/h5-23H,1-4H3;3-13H,1-2H3;2-5H,1H3;1H4. The van der Waals surface area contributed by atoms with E-state index in [0.29, 0.717) is 0 Å². The summed E-state index contributed by atoms with van der Waals surface area (Å²) in [7, 11) is 0. The molecule has 9 aromatic carbocycles. The summed E-state index contributed by atoms with van der Waals surface area (Å²) in [5.41, 5.74) is 20.4. The Morgan fingerprint density at radius 1 is 0.269 bits per heavy atom. The average Bonchev–Trinajstić information content (AvgIpc) is 3.31. The second kappa shape index (κ2) is 23.3. The van der Waals surface area contributed by atoms with E-state index < -0.39 is 0 Å². The summed E-state index contributed by atoms with van der Waals surface area (Å²) in [6, 6.07) is 71.8. The van der Waals surface area contributed by atoms with Crippen LogP contribution in [0.2, 0.25) is 15.1 Å². The van der Waals surface area contributed by atoms with Gasteiger partial charge < -0.3 is 9.80 Å². The van der Waals surface area contributed by atoms with Crippen LogP contribution in [-0.4, -0.2) is 0 Å². The lowest BCUT2D eigenvalue weighted by atomic mass is 10.0. The summed E-state index contributed by atoms with van der Waals surface area (Å²) in [5.74, 6) is 0. The molecule has 0 heterocycles. The molecule has 0 saturated heterocycles. The van der Waals surface area contributed by atoms with Gasteiger partial charge in [0.2, 0.25) is 0 Å². The molecule has 0 aliphatic carbocycles. The van der Waals surface area contributed by atoms with Crippen molar-refractivity contribution < 1.29 is 0 Å². The van der Waals surface area contributed by atoms with Gasteiger partial charge in [-0.15, -0.1) is 0 Å². The van der Waals surface area contributed by atoms with Gasteiger partial charge in [-0.05, 0) is 196 Å². The number of benzene rings is 9. The molecule has 338 valence electrons. The highest BCUT2D eigenvalue weighted by molar-refractivity contribution is 6.31. The van der Waals surface area contributed by atoms with Crippen molar-refractivity contribution in [2.45, 2.75) is 55.9 Å². The SMILES string of the molecule is C.Cc1ccc(C)c(N(c2ccc(Cl)cc2)c2ccc(Cl)cc2)c1.Cc1cccc(-c2ccc(N(c3ccc(-c4cccc(C)c4)cc3)c3cc(C)ccc3C)cc2)c1.Cc1cccc(Cl)c1. The van der Waals surface area contributed by atoms with Crippen molar-refractivity contribution in [1.82, 2.24) is 0 Å². The molecule has 0 bridgehead atoms. The molecule has 0 unspecified atom stereocenters. The first-order valence-electron chi connectivity index (χ1n) is 22.1. The lowest BCUT2D eigenvalue weighted by molar-refractivity contribution is 1.24. The van der Waals surface area contributed by atoms with E-state index in [-0.39, 0.29) is 7.43 Å². The fourth-order valence-corrected chi connectivity index (χ4v) is 8.31. The van der Waals surface area contributed by atoms with E-state index in [0.717, 1.165) is 43.5 Å². The molecule has 5 heteroatoms. The van der Waals surface area contributed by atoms with Crippen LogP contribution in [0.25, 0.3) is 22.3 Å². The number of halogens is 3. The molecule has 2 nitrogen and oxygen atoms in total. The van der Waals surface area contributed by atoms with E-state index in [9.17, 15) is 0 Å². The fourth-order valence-electron chi connectivity index (χ4n) is 7.82. The molecule has 0 fully saturated rings. The van der Waals surface area contributed by atoms with Crippen LogP contribution in [0.1, 0.15) is 46.4 Å². The zero-order valence-electron chi connectivity index (χ0n) is 38.7. The van der Waals surface area contributed by atoms with E-state index in [1.165, 1.54) is 66.9 Å². The van der Waals surface area contributed by atoms with E-state index in [1.54, 1.807) is 0 Å². The van der Waals surface area contributed by atoms with E-state index in [4.69, 9.17) is 34.8 Å². The molecule has 0 saturated carbocycles. The van der Waals surface area contributed by atoms with Crippen molar-refractivity contribution in [1.29, 1.82) is 0 Å². The van der Waals surface area contributed by atoms with Crippen molar-refractivity contribution in [3.63, 3.8) is 0 Å². The Morgan fingerprint density at radius 3 is 0.896 bits per heavy atom. The van der Waals surface area contributed by atoms with Crippen molar-refractivity contribution in [2.24, 2.45) is 0 Å². The summed E-state index contributed by atoms with van der Waals surface area (Å²) >= 11 is 17.7. The normalized spacial score (nSPS) is 10.4. The van der Waals surface area contributed by atoms with Crippen LogP contribution in [0.4, 0.5) is 34.1 Å². The van der Waals surface area contributed by atoms with Crippen LogP contribution in [0, 0.1) is 48.5 Å². The summed E-state index contributed by atoms with van der Waals surface area (Å²) in [4.78, 5) is 4.58. The molecule has 0 radical (unpaired) electrons. The number of nitrogens with zero attached hydrogens (tertiary/aromatic N) is 2. The molecule has 0 aliphatic rings. The molecule has 0 aromatic heterocycles. The minimum Gasteiger partial charge on any atom is -0.310 e. The summed E-state index contributed by atoms with van der Waals surface area (Å²) < 4.78 is 0. The molecular formula is C62H59Cl3N2. The monoisotopic (exact) mass is 936 g/mol. The molecular weight excluding hydrogens is 879 g/mol. The van der Waals surface area contributed by atoms with Gasteiger partial charge in [0.05, 0.1) is 0 Å². The largest absolute Gasteiger partial charge is 0.310 e. The number of aryl methyl sites for hydroxylation is 7. The Bertz CT molecular complexity index is 2860. The number of rotatable bonds is 8. The van der Waals surface area contributed by atoms with Gasteiger partial charge in [-0.1, -0.05) is 163 Å². The predicted octanol–water partition coefficient (Wildman–Crippen LogP) is 20.1. The zero-order valence-corrected chi connectivity index (χ0v) is 40.9. The Hall–Kier alpha value is -6.55. The number of hydrogen-bond donors (Lipinski definition) is 0. The van der Waals surface area contributed by atoms with Gasteiger partial charge in [-0.25, -0.2) is 0 Å². The fraction of sp³-hybridized carbons (Fsp3) is 0.129. The molecule has 9 aromatic rings. The highest BCUT2D eigenvalue weighted by Gasteiger charge is 2.17. The molecule has 0 N–H and O–H groups in total. The maximum Gasteiger partial charge on any atom is 0.0493 e. The Balaban J connectivity index is 0.000000198. The van der Waals surface area contributed by atoms with Gasteiger partial charge in [0.25, 0.3) is 0 Å². The highest BCUT2D eigenvalue weighted by Crippen LogP contribution is 2.40. The lowest BCUT2D eigenvalue weighted by Crippen LogP contribution is -2.11. The molecule has 9 rings (SSSR count). The third kappa shape index (κ3) is 13.3. The van der Waals surface area contributed by atoms with Crippen molar-refractivity contribution in [3.05, 3.63) is 260 Å². The van der Waals surface area contributed by atoms with Crippen LogP contribution in [0.3, 0.4) is 0 Å². The minimum absolute atomic E-state index is 0. The van der Waals surface area contributed by atoms with Crippen LogP contribution < -0.4 is 9.80 Å². The molecule has 0 amide bonds. The number of anilines is 6. The Morgan fingerprint density at radius 2 is 0.582 bits per heavy atom. The third-order valence-corrected chi connectivity index (χ3v) is 12.1. The van der Waals surface area contributed by atoms with Gasteiger partial charge in [0.15, 0.2) is 0 Å². The summed E-state index contributed by atoms with van der Waals surface area (Å²) in [6.45, 7) is 14.9. The molecule has 0 aliphatic heterocycles. The Kier molecular flexibility index (Phi) is 17.3. The quantitative estimate of drug-likeness (QED) is 0.150. The maximum atomic E-state index is 6.05. The van der Waals surface area contributed by atoms with Gasteiger partial charge in [-0.2, -0.15) is 0 Å². The van der Waals surface area contributed by atoms with E-state index in [1.807, 2.05) is 79.7 Å². The average molecular weight is 939 g/mol. The Labute approximate surface area is 414 Å². The van der Waals surface area contributed by atoms with Crippen molar-refractivity contribution >= 4 is 68.9 Å². The van der Waals surface area contributed by atoms with Crippen molar-refractivity contribution in [3.8, 4) is 22.3 Å². The first kappa shape index (κ1) is 49.9. The lowest BCUT2D eigenvalue weighted by Gasteiger charge is -2.28. The van der Waals surface area contributed by atoms with Gasteiger partial charge >= 0.3 is 0 Å². The smallest absolute Gasteiger partial charge is 0.0493 e. The third-order valence-electron chi connectivity index (χ3n) is 11.3. The molecule has 0 spiro atoms. The topological polar surface area (TPSA) is 6.48 Å². The van der Waals surface area contributed by atoms with Gasteiger partial charge in [0.1, 0.15) is 0 Å². The summed E-state index contributed by atoms with van der Waals surface area (Å²) in [6.07, 6.45) is 0. The predicted molar refractivity (Wildman–Crippen MR) is 294 cm³/mol. The second-order valence-corrected chi connectivity index (χ2v) is 18.1. The van der Waals surface area contributed by atoms with E-state index in [2.05, 4.69) is 185 Å². The van der Waals surface area contributed by atoms with Gasteiger partial charge in [0, 0.05) is 49.2 Å². The van der Waals surface area contributed by atoms with Crippen LogP contribution in [-0.2, 0) is 0 Å². The minimum atomic E-state index is 0. The highest BCUT2D eigenvalue weighted by atomic mass is 35.5. The number of hydrogen-bond acceptors (Lipinski definition) is 2. The van der Waals surface area contributed by atoms with Crippen LogP contribution >= 0.6 is 34.8 Å². The summed E-state index contributed by atoms with van der Waals surface area (Å²) in [5, 5.41) is 2.27.